The van der Waals surface area contributed by atoms with Gasteiger partial charge in [-0.1, -0.05) is 15.9 Å². The molecule has 0 bridgehead atoms. The lowest BCUT2D eigenvalue weighted by Gasteiger charge is -2.22. The molecule has 7 heteroatoms. The van der Waals surface area contributed by atoms with Crippen molar-refractivity contribution in [2.45, 2.75) is 19.2 Å². The summed E-state index contributed by atoms with van der Waals surface area (Å²) in [6, 6.07) is 4.87. The number of rotatable bonds is 3. The first-order chi connectivity index (χ1) is 8.61. The standard InChI is InChI=1S/C12H13BrF3NO2/c1-7-3-8(5-9(13)4-7)11(19)17(2)6-10(18)12(14,15)16/h3-5,10,18H,6H2,1-2H3/t10-/m0/s1. The molecule has 0 spiro atoms. The van der Waals surface area contributed by atoms with Gasteiger partial charge in [-0.3, -0.25) is 4.79 Å². The summed E-state index contributed by atoms with van der Waals surface area (Å²) in [5.74, 6) is -0.576. The maximum Gasteiger partial charge on any atom is 0.416 e. The Hall–Kier alpha value is -1.08. The van der Waals surface area contributed by atoms with Crippen molar-refractivity contribution in [3.63, 3.8) is 0 Å². The fourth-order valence-corrected chi connectivity index (χ4v) is 2.13. The van der Waals surface area contributed by atoms with Crippen LogP contribution in [0.1, 0.15) is 15.9 Å². The van der Waals surface area contributed by atoms with Gasteiger partial charge in [-0.05, 0) is 30.7 Å². The number of carbonyl (C=O) groups is 1. The van der Waals surface area contributed by atoms with Crippen molar-refractivity contribution in [1.82, 2.24) is 4.90 Å². The molecular formula is C12H13BrF3NO2. The Bertz CT molecular complexity index is 456. The summed E-state index contributed by atoms with van der Waals surface area (Å²) in [5.41, 5.74) is 1.08. The molecule has 1 N–H and O–H groups in total. The molecule has 1 aromatic carbocycles. The third kappa shape index (κ3) is 4.50. The van der Waals surface area contributed by atoms with E-state index in [1.165, 1.54) is 13.1 Å². The van der Waals surface area contributed by atoms with Gasteiger partial charge < -0.3 is 10.0 Å². The number of carbonyl (C=O) groups excluding carboxylic acids is 1. The first-order valence-corrected chi connectivity index (χ1v) is 6.18. The molecule has 0 aromatic heterocycles. The Kier molecular flexibility index (Phi) is 4.98. The van der Waals surface area contributed by atoms with Crippen LogP contribution in [0.25, 0.3) is 0 Å². The van der Waals surface area contributed by atoms with Gasteiger partial charge in [0.2, 0.25) is 0 Å². The Labute approximate surface area is 117 Å². The molecule has 0 saturated heterocycles. The predicted octanol–water partition coefficient (Wildman–Crippen LogP) is 2.75. The van der Waals surface area contributed by atoms with Crippen LogP contribution in [0.2, 0.25) is 0 Å². The minimum absolute atomic E-state index is 0.267. The number of likely N-dealkylation sites (N-methyl/N-ethyl adjacent to an activating group) is 1. The number of halogens is 4. The summed E-state index contributed by atoms with van der Waals surface area (Å²) in [4.78, 5) is 12.8. The van der Waals surface area contributed by atoms with Crippen LogP contribution >= 0.6 is 15.9 Å². The minimum Gasteiger partial charge on any atom is -0.382 e. The monoisotopic (exact) mass is 339 g/mol. The molecule has 1 atom stereocenters. The molecular weight excluding hydrogens is 327 g/mol. The van der Waals surface area contributed by atoms with Gasteiger partial charge >= 0.3 is 6.18 Å². The van der Waals surface area contributed by atoms with Gasteiger partial charge in [-0.25, -0.2) is 0 Å². The molecule has 19 heavy (non-hydrogen) atoms. The van der Waals surface area contributed by atoms with Crippen molar-refractivity contribution >= 4 is 21.8 Å². The quantitative estimate of drug-likeness (QED) is 0.919. The Balaban J connectivity index is 2.82. The summed E-state index contributed by atoms with van der Waals surface area (Å²) in [6.45, 7) is 0.972. The highest BCUT2D eigenvalue weighted by molar-refractivity contribution is 9.10. The number of hydrogen-bond donors (Lipinski definition) is 1. The zero-order valence-corrected chi connectivity index (χ0v) is 11.9. The maximum absolute atomic E-state index is 12.2. The lowest BCUT2D eigenvalue weighted by atomic mass is 10.1. The molecule has 0 heterocycles. The first kappa shape index (κ1) is 16.0. The molecule has 1 amide bonds. The highest BCUT2D eigenvalue weighted by Crippen LogP contribution is 2.21. The minimum atomic E-state index is -4.73. The fourth-order valence-electron chi connectivity index (χ4n) is 1.53. The average Bonchev–Trinajstić information content (AvgIpc) is 2.25. The Morgan fingerprint density at radius 1 is 1.42 bits per heavy atom. The normalized spacial score (nSPS) is 13.2. The summed E-state index contributed by atoms with van der Waals surface area (Å²) >= 11 is 3.21. The van der Waals surface area contributed by atoms with Crippen molar-refractivity contribution in [2.75, 3.05) is 13.6 Å². The average molecular weight is 340 g/mol. The number of aliphatic hydroxyl groups excluding tert-OH is 1. The molecule has 1 rings (SSSR count). The molecule has 0 fully saturated rings. The predicted molar refractivity (Wildman–Crippen MR) is 67.9 cm³/mol. The van der Waals surface area contributed by atoms with Crippen molar-refractivity contribution in [1.29, 1.82) is 0 Å². The van der Waals surface area contributed by atoms with Crippen LogP contribution in [0.5, 0.6) is 0 Å². The number of hydrogen-bond acceptors (Lipinski definition) is 2. The number of benzene rings is 1. The second-order valence-electron chi connectivity index (χ2n) is 4.26. The summed E-state index contributed by atoms with van der Waals surface area (Å²) < 4.78 is 37.3. The van der Waals surface area contributed by atoms with Gasteiger partial charge in [0.15, 0.2) is 6.10 Å². The van der Waals surface area contributed by atoms with Gasteiger partial charge in [-0.15, -0.1) is 0 Å². The number of aryl methyl sites for hydroxylation is 1. The number of nitrogens with zero attached hydrogens (tertiary/aromatic N) is 1. The largest absolute Gasteiger partial charge is 0.416 e. The van der Waals surface area contributed by atoms with E-state index in [4.69, 9.17) is 5.11 Å². The molecule has 0 aliphatic rings. The van der Waals surface area contributed by atoms with Crippen LogP contribution in [0, 0.1) is 6.92 Å². The second kappa shape index (κ2) is 5.92. The Morgan fingerprint density at radius 2 is 2.00 bits per heavy atom. The summed E-state index contributed by atoms with van der Waals surface area (Å²) in [6.07, 6.45) is -7.28. The van der Waals surface area contributed by atoms with Crippen molar-refractivity contribution in [3.05, 3.63) is 33.8 Å². The number of alkyl halides is 3. The van der Waals surface area contributed by atoms with Crippen molar-refractivity contribution < 1.29 is 23.1 Å². The lowest BCUT2D eigenvalue weighted by Crippen LogP contribution is -2.41. The second-order valence-corrected chi connectivity index (χ2v) is 5.18. The van der Waals surface area contributed by atoms with E-state index >= 15 is 0 Å². The van der Waals surface area contributed by atoms with Crippen LogP contribution in [0.4, 0.5) is 13.2 Å². The zero-order valence-electron chi connectivity index (χ0n) is 10.3. The molecule has 106 valence electrons. The van der Waals surface area contributed by atoms with Gasteiger partial charge in [-0.2, -0.15) is 13.2 Å². The summed E-state index contributed by atoms with van der Waals surface area (Å²) in [5, 5.41) is 8.93. The SMILES string of the molecule is Cc1cc(Br)cc(C(=O)N(C)C[C@H](O)C(F)(F)F)c1. The summed E-state index contributed by atoms with van der Waals surface area (Å²) in [7, 11) is 1.22. The Morgan fingerprint density at radius 3 is 2.47 bits per heavy atom. The third-order valence-corrected chi connectivity index (χ3v) is 2.92. The van der Waals surface area contributed by atoms with E-state index in [9.17, 15) is 18.0 Å². The molecule has 0 aliphatic carbocycles. The van der Waals surface area contributed by atoms with E-state index in [1.54, 1.807) is 19.1 Å². The van der Waals surface area contributed by atoms with E-state index in [-0.39, 0.29) is 5.56 Å². The van der Waals surface area contributed by atoms with Crippen LogP contribution in [-0.2, 0) is 0 Å². The lowest BCUT2D eigenvalue weighted by molar-refractivity contribution is -0.205. The van der Waals surface area contributed by atoms with Crippen molar-refractivity contribution in [3.8, 4) is 0 Å². The van der Waals surface area contributed by atoms with Gasteiger partial charge in [0, 0.05) is 17.1 Å². The van der Waals surface area contributed by atoms with Crippen molar-refractivity contribution in [2.24, 2.45) is 0 Å². The van der Waals surface area contributed by atoms with Crippen LogP contribution in [0.15, 0.2) is 22.7 Å². The first-order valence-electron chi connectivity index (χ1n) is 5.38. The smallest absolute Gasteiger partial charge is 0.382 e. The van der Waals surface area contributed by atoms with Gasteiger partial charge in [0.25, 0.3) is 5.91 Å². The molecule has 3 nitrogen and oxygen atoms in total. The highest BCUT2D eigenvalue weighted by Gasteiger charge is 2.39. The van der Waals surface area contributed by atoms with E-state index in [0.717, 1.165) is 10.5 Å². The highest BCUT2D eigenvalue weighted by atomic mass is 79.9. The molecule has 0 saturated carbocycles. The van der Waals surface area contributed by atoms with Crippen LogP contribution in [0.3, 0.4) is 0 Å². The molecule has 1 aromatic rings. The number of aliphatic hydroxyl groups is 1. The topological polar surface area (TPSA) is 40.5 Å². The van der Waals surface area contributed by atoms with Gasteiger partial charge in [0.1, 0.15) is 0 Å². The van der Waals surface area contributed by atoms with E-state index in [1.807, 2.05) is 0 Å². The fraction of sp³-hybridized carbons (Fsp3) is 0.417. The molecule has 0 radical (unpaired) electrons. The third-order valence-electron chi connectivity index (χ3n) is 2.46. The van der Waals surface area contributed by atoms with E-state index < -0.39 is 24.7 Å². The van der Waals surface area contributed by atoms with E-state index in [0.29, 0.717) is 4.47 Å². The van der Waals surface area contributed by atoms with E-state index in [2.05, 4.69) is 15.9 Å². The van der Waals surface area contributed by atoms with Crippen LogP contribution in [-0.4, -0.2) is 41.8 Å². The number of amides is 1. The van der Waals surface area contributed by atoms with Crippen LogP contribution < -0.4 is 0 Å². The molecule has 0 unspecified atom stereocenters. The zero-order chi connectivity index (χ0) is 14.8. The maximum atomic E-state index is 12.2. The molecule has 0 aliphatic heterocycles. The van der Waals surface area contributed by atoms with Gasteiger partial charge in [0.05, 0.1) is 6.54 Å².